The molecule has 0 saturated carbocycles. The fourth-order valence-electron chi connectivity index (χ4n) is 2.26. The van der Waals surface area contributed by atoms with Crippen molar-refractivity contribution in [2.24, 2.45) is 0 Å². The van der Waals surface area contributed by atoms with Gasteiger partial charge in [0.25, 0.3) is 0 Å². The van der Waals surface area contributed by atoms with Crippen molar-refractivity contribution in [2.75, 3.05) is 6.67 Å². The van der Waals surface area contributed by atoms with E-state index in [2.05, 4.69) is 0 Å². The Morgan fingerprint density at radius 2 is 1.50 bits per heavy atom. The summed E-state index contributed by atoms with van der Waals surface area (Å²) in [5, 5.41) is 0. The van der Waals surface area contributed by atoms with Crippen LogP contribution < -0.4 is 5.46 Å². The van der Waals surface area contributed by atoms with E-state index in [-0.39, 0.29) is 5.56 Å². The molecule has 1 fully saturated rings. The molecule has 1 unspecified atom stereocenters. The van der Waals surface area contributed by atoms with Gasteiger partial charge < -0.3 is 9.31 Å². The van der Waals surface area contributed by atoms with Crippen molar-refractivity contribution in [2.45, 2.75) is 57.7 Å². The first-order valence-electron chi connectivity index (χ1n) is 7.34. The topological polar surface area (TPSA) is 18.5 Å². The van der Waals surface area contributed by atoms with Gasteiger partial charge in [0, 0.05) is 0 Å². The molecule has 0 spiro atoms. The van der Waals surface area contributed by atoms with Crippen molar-refractivity contribution < 1.29 is 22.5 Å². The summed E-state index contributed by atoms with van der Waals surface area (Å²) in [5.41, 5.74) is -1.71. The van der Waals surface area contributed by atoms with Gasteiger partial charge in [-0.15, -0.1) is 0 Å². The fraction of sp³-hybridized carbons (Fsp3) is 0.625. The van der Waals surface area contributed by atoms with E-state index in [1.165, 1.54) is 19.1 Å². The van der Waals surface area contributed by atoms with E-state index in [1.807, 2.05) is 27.7 Å². The molecule has 2 nitrogen and oxygen atoms in total. The third-order valence-electron chi connectivity index (χ3n) is 4.85. The van der Waals surface area contributed by atoms with E-state index < -0.39 is 36.8 Å². The van der Waals surface area contributed by atoms with Crippen LogP contribution in [-0.2, 0) is 14.7 Å². The first-order valence-corrected chi connectivity index (χ1v) is 7.34. The molecule has 122 valence electrons. The molecule has 0 amide bonds. The quantitative estimate of drug-likeness (QED) is 0.792. The van der Waals surface area contributed by atoms with Gasteiger partial charge in [0.1, 0.15) is 6.67 Å². The van der Waals surface area contributed by atoms with Crippen molar-refractivity contribution in [1.29, 1.82) is 0 Å². The number of alkyl halides is 3. The van der Waals surface area contributed by atoms with E-state index in [4.69, 9.17) is 9.31 Å². The van der Waals surface area contributed by atoms with Crippen LogP contribution in [0.4, 0.5) is 13.2 Å². The number of benzene rings is 1. The summed E-state index contributed by atoms with van der Waals surface area (Å²) < 4.78 is 51.0. The standard InChI is InChI=1S/C16H22BF3O2/c1-14(2)15(3,4)22-17(21-14)12-8-6-11(7-9-12)16(5,10-18)13(19)20/h6-9,13H,10H2,1-5H3. The number of rotatable bonds is 4. The Bertz CT molecular complexity index is 515. The van der Waals surface area contributed by atoms with Crippen LogP contribution in [0.5, 0.6) is 0 Å². The van der Waals surface area contributed by atoms with Crippen molar-refractivity contribution in [3.63, 3.8) is 0 Å². The molecule has 0 aliphatic carbocycles. The van der Waals surface area contributed by atoms with Crippen LogP contribution in [0.2, 0.25) is 0 Å². The molecule has 1 aliphatic rings. The summed E-state index contributed by atoms with van der Waals surface area (Å²) in [6.07, 6.45) is -2.76. The lowest BCUT2D eigenvalue weighted by Gasteiger charge is -2.32. The zero-order chi connectivity index (χ0) is 16.8. The summed E-state index contributed by atoms with van der Waals surface area (Å²) in [6.45, 7) is 7.88. The van der Waals surface area contributed by atoms with Gasteiger partial charge in [0.2, 0.25) is 6.43 Å². The average Bonchev–Trinajstić information content (AvgIpc) is 2.66. The first-order chi connectivity index (χ1) is 10.0. The van der Waals surface area contributed by atoms with Crippen LogP contribution in [0.25, 0.3) is 0 Å². The molecule has 1 saturated heterocycles. The lowest BCUT2D eigenvalue weighted by Crippen LogP contribution is -2.41. The van der Waals surface area contributed by atoms with Crippen LogP contribution in [0, 0.1) is 0 Å². The van der Waals surface area contributed by atoms with Crippen LogP contribution in [0.15, 0.2) is 24.3 Å². The van der Waals surface area contributed by atoms with E-state index >= 15 is 0 Å². The Morgan fingerprint density at radius 3 is 1.86 bits per heavy atom. The number of halogens is 3. The summed E-state index contributed by atoms with van der Waals surface area (Å²) >= 11 is 0. The Hall–Kier alpha value is -1.01. The van der Waals surface area contributed by atoms with Gasteiger partial charge in [-0.2, -0.15) is 0 Å². The highest BCUT2D eigenvalue weighted by Gasteiger charge is 2.51. The molecule has 1 aromatic carbocycles. The minimum Gasteiger partial charge on any atom is -0.399 e. The highest BCUT2D eigenvalue weighted by molar-refractivity contribution is 6.62. The largest absolute Gasteiger partial charge is 0.494 e. The predicted molar refractivity (Wildman–Crippen MR) is 81.5 cm³/mol. The molecule has 22 heavy (non-hydrogen) atoms. The summed E-state index contributed by atoms with van der Waals surface area (Å²) in [7, 11) is -0.553. The third-order valence-corrected chi connectivity index (χ3v) is 4.85. The smallest absolute Gasteiger partial charge is 0.399 e. The normalized spacial score (nSPS) is 22.9. The molecule has 6 heteroatoms. The maximum absolute atomic E-state index is 13.1. The van der Waals surface area contributed by atoms with Crippen LogP contribution in [-0.4, -0.2) is 31.4 Å². The summed E-state index contributed by atoms with van der Waals surface area (Å²) in [5.74, 6) is 0. The highest BCUT2D eigenvalue weighted by Crippen LogP contribution is 2.37. The molecule has 2 rings (SSSR count). The van der Waals surface area contributed by atoms with Crippen LogP contribution in [0.1, 0.15) is 40.2 Å². The van der Waals surface area contributed by atoms with Gasteiger partial charge in [-0.3, -0.25) is 0 Å². The van der Waals surface area contributed by atoms with Gasteiger partial charge >= 0.3 is 7.12 Å². The highest BCUT2D eigenvalue weighted by atomic mass is 19.3. The molecule has 1 heterocycles. The second kappa shape index (κ2) is 5.57. The number of hydrogen-bond donors (Lipinski definition) is 0. The molecular weight excluding hydrogens is 292 g/mol. The van der Waals surface area contributed by atoms with Crippen molar-refractivity contribution >= 4 is 12.6 Å². The maximum Gasteiger partial charge on any atom is 0.494 e. The van der Waals surface area contributed by atoms with Gasteiger partial charge in [0.05, 0.1) is 16.6 Å². The van der Waals surface area contributed by atoms with Gasteiger partial charge in [-0.1, -0.05) is 24.3 Å². The average molecular weight is 314 g/mol. The Balaban J connectivity index is 2.24. The Labute approximate surface area is 130 Å². The molecule has 1 aromatic rings. The predicted octanol–water partition coefficient (Wildman–Crippen LogP) is 3.48. The Kier molecular flexibility index (Phi) is 4.39. The van der Waals surface area contributed by atoms with Gasteiger partial charge in [-0.25, -0.2) is 13.2 Å². The third kappa shape index (κ3) is 2.79. The first kappa shape index (κ1) is 17.4. The monoisotopic (exact) mass is 314 g/mol. The van der Waals surface area contributed by atoms with Crippen molar-refractivity contribution in [3.8, 4) is 0 Å². The van der Waals surface area contributed by atoms with Crippen molar-refractivity contribution in [3.05, 3.63) is 29.8 Å². The molecule has 0 radical (unpaired) electrons. The molecule has 1 atom stereocenters. The van der Waals surface area contributed by atoms with Gasteiger partial charge in [0.15, 0.2) is 0 Å². The van der Waals surface area contributed by atoms with E-state index in [1.54, 1.807) is 12.1 Å². The minimum atomic E-state index is -2.76. The summed E-state index contributed by atoms with van der Waals surface area (Å²) in [6, 6.07) is 6.36. The molecule has 1 aliphatic heterocycles. The zero-order valence-corrected chi connectivity index (χ0v) is 13.6. The lowest BCUT2D eigenvalue weighted by molar-refractivity contribution is 0.00578. The lowest BCUT2D eigenvalue weighted by atomic mass is 9.76. The summed E-state index contributed by atoms with van der Waals surface area (Å²) in [4.78, 5) is 0. The zero-order valence-electron chi connectivity index (χ0n) is 13.6. The van der Waals surface area contributed by atoms with Crippen molar-refractivity contribution in [1.82, 2.24) is 0 Å². The second-order valence-electron chi connectivity index (χ2n) is 7.06. The maximum atomic E-state index is 13.1. The van der Waals surface area contributed by atoms with E-state index in [0.717, 1.165) is 5.46 Å². The SMILES string of the molecule is CC(CF)(c1ccc(B2OC(C)(C)C(C)(C)O2)cc1)C(F)F. The molecule has 0 bridgehead atoms. The molecular formula is C16H22BF3O2. The number of hydrogen-bond acceptors (Lipinski definition) is 2. The second-order valence-corrected chi connectivity index (χ2v) is 7.06. The molecule has 0 aromatic heterocycles. The van der Waals surface area contributed by atoms with Gasteiger partial charge in [-0.05, 0) is 45.6 Å². The fourth-order valence-corrected chi connectivity index (χ4v) is 2.26. The van der Waals surface area contributed by atoms with Crippen LogP contribution >= 0.6 is 0 Å². The van der Waals surface area contributed by atoms with E-state index in [9.17, 15) is 13.2 Å². The van der Waals surface area contributed by atoms with E-state index in [0.29, 0.717) is 0 Å². The van der Waals surface area contributed by atoms with Crippen LogP contribution in [0.3, 0.4) is 0 Å². The Morgan fingerprint density at radius 1 is 1.05 bits per heavy atom. The minimum absolute atomic E-state index is 0.269. The molecule has 0 N–H and O–H groups in total.